The Kier molecular flexibility index (Phi) is 6.66. The molecule has 4 aromatic carbocycles. The fourth-order valence-corrected chi connectivity index (χ4v) is 4.51. The van der Waals surface area contributed by atoms with Gasteiger partial charge in [0, 0.05) is 29.9 Å². The SMILES string of the molecule is O=C(N=[N+]=Nc1ccc(N2CCOCC2)cc1)c1ccc(-c2nc3ccc(-c4cccc(O)c4)cc3[nH]2)cc1. The summed E-state index contributed by atoms with van der Waals surface area (Å²) >= 11 is 0. The van der Waals surface area contributed by atoms with Crippen molar-refractivity contribution in [1.82, 2.24) is 14.9 Å². The molecule has 1 amide bonds. The number of morpholine rings is 1. The van der Waals surface area contributed by atoms with Gasteiger partial charge in [-0.1, -0.05) is 30.3 Å². The molecule has 0 saturated carbocycles. The Labute approximate surface area is 224 Å². The number of fused-ring (bicyclic) bond motifs is 1. The zero-order valence-electron chi connectivity index (χ0n) is 21.0. The Hall–Kier alpha value is -5.11. The summed E-state index contributed by atoms with van der Waals surface area (Å²) in [5, 5.41) is 17.6. The summed E-state index contributed by atoms with van der Waals surface area (Å²) in [6, 6.07) is 27.7. The molecule has 2 heterocycles. The molecule has 0 bridgehead atoms. The number of imidazole rings is 1. The molecular formula is C30H25N6O3+. The van der Waals surface area contributed by atoms with Crippen molar-refractivity contribution in [2.75, 3.05) is 31.2 Å². The second-order valence-corrected chi connectivity index (χ2v) is 9.16. The lowest BCUT2D eigenvalue weighted by Crippen LogP contribution is -2.36. The highest BCUT2D eigenvalue weighted by Crippen LogP contribution is 2.28. The number of H-pyrrole nitrogens is 1. The molecule has 6 rings (SSSR count). The first kappa shape index (κ1) is 24.2. The Bertz CT molecular complexity index is 1700. The van der Waals surface area contributed by atoms with Crippen molar-refractivity contribution < 1.29 is 14.6 Å². The third-order valence-corrected chi connectivity index (χ3v) is 6.59. The average Bonchev–Trinajstić information content (AvgIpc) is 3.42. The first-order valence-electron chi connectivity index (χ1n) is 12.6. The highest BCUT2D eigenvalue weighted by atomic mass is 16.5. The fourth-order valence-electron chi connectivity index (χ4n) is 4.51. The van der Waals surface area contributed by atoms with Crippen molar-refractivity contribution >= 4 is 28.3 Å². The molecule has 2 N–H and O–H groups in total. The van der Waals surface area contributed by atoms with Crippen LogP contribution in [-0.2, 0) is 4.74 Å². The molecule has 1 aliphatic heterocycles. The maximum Gasteiger partial charge on any atom is 0.360 e. The van der Waals surface area contributed by atoms with Crippen molar-refractivity contribution in [3.05, 3.63) is 96.6 Å². The van der Waals surface area contributed by atoms with Crippen LogP contribution in [0.4, 0.5) is 11.4 Å². The van der Waals surface area contributed by atoms with E-state index in [0.717, 1.165) is 59.7 Å². The van der Waals surface area contributed by atoms with E-state index in [-0.39, 0.29) is 5.75 Å². The number of rotatable bonds is 5. The zero-order chi connectivity index (χ0) is 26.6. The number of anilines is 1. The number of hydrogen-bond donors (Lipinski definition) is 2. The van der Waals surface area contributed by atoms with Crippen LogP contribution in [0.25, 0.3) is 33.5 Å². The Balaban J connectivity index is 1.14. The first-order valence-corrected chi connectivity index (χ1v) is 12.6. The molecule has 9 heteroatoms. The number of aromatic nitrogens is 2. The lowest BCUT2D eigenvalue weighted by Gasteiger charge is -2.28. The van der Waals surface area contributed by atoms with Gasteiger partial charge < -0.3 is 19.7 Å². The van der Waals surface area contributed by atoms with Gasteiger partial charge in [0.05, 0.1) is 24.2 Å². The minimum absolute atomic E-state index is 0.221. The summed E-state index contributed by atoms with van der Waals surface area (Å²) in [6.07, 6.45) is 0. The van der Waals surface area contributed by atoms with Crippen LogP contribution in [0, 0.1) is 0 Å². The minimum Gasteiger partial charge on any atom is -0.508 e. The lowest BCUT2D eigenvalue weighted by atomic mass is 10.1. The van der Waals surface area contributed by atoms with E-state index in [0.29, 0.717) is 17.1 Å². The van der Waals surface area contributed by atoms with Crippen LogP contribution in [0.1, 0.15) is 10.4 Å². The minimum atomic E-state index is -0.476. The molecular weight excluding hydrogens is 492 g/mol. The van der Waals surface area contributed by atoms with Gasteiger partial charge in [-0.2, -0.15) is 0 Å². The molecule has 0 atom stereocenters. The topological polar surface area (TPSA) is 117 Å². The largest absolute Gasteiger partial charge is 0.508 e. The number of nitrogens with one attached hydrogen (secondary N) is 1. The molecule has 192 valence electrons. The number of aromatic hydroxyl groups is 1. The van der Waals surface area contributed by atoms with Gasteiger partial charge in [0.25, 0.3) is 0 Å². The summed E-state index contributed by atoms with van der Waals surface area (Å²) in [7, 11) is 0. The van der Waals surface area contributed by atoms with E-state index in [1.54, 1.807) is 24.3 Å². The summed E-state index contributed by atoms with van der Waals surface area (Å²) in [4.78, 5) is 26.5. The van der Waals surface area contributed by atoms with Crippen molar-refractivity contribution in [3.63, 3.8) is 0 Å². The summed E-state index contributed by atoms with van der Waals surface area (Å²) in [5.41, 5.74) is 6.55. The van der Waals surface area contributed by atoms with E-state index in [2.05, 4.69) is 30.0 Å². The van der Waals surface area contributed by atoms with Gasteiger partial charge in [0.15, 0.2) is 10.8 Å². The number of carbonyl (C=O) groups excluding carboxylic acids is 1. The van der Waals surface area contributed by atoms with Gasteiger partial charge in [-0.3, -0.25) is 4.79 Å². The van der Waals surface area contributed by atoms with Crippen LogP contribution in [0.15, 0.2) is 101 Å². The van der Waals surface area contributed by atoms with Crippen LogP contribution >= 0.6 is 0 Å². The molecule has 0 radical (unpaired) electrons. The highest BCUT2D eigenvalue weighted by molar-refractivity contribution is 5.95. The molecule has 0 spiro atoms. The Morgan fingerprint density at radius 3 is 2.41 bits per heavy atom. The molecule has 1 aliphatic rings. The van der Waals surface area contributed by atoms with Crippen molar-refractivity contribution in [2.24, 2.45) is 10.2 Å². The molecule has 5 aromatic rings. The van der Waals surface area contributed by atoms with Crippen LogP contribution in [0.2, 0.25) is 0 Å². The standard InChI is InChI=1S/C30H24N6O3/c37-26-3-1-2-22(18-26)23-8-13-27-28(19-23)32-29(31-27)20-4-6-21(7-5-20)30(38)34-35-33-24-9-11-25(12-10-24)36-14-16-39-17-15-36/h1-13,18-19H,14-17H2,(H-,31,32,33,34,37,38)/p+1. The summed E-state index contributed by atoms with van der Waals surface area (Å²) in [6.45, 7) is 3.18. The van der Waals surface area contributed by atoms with Crippen molar-refractivity contribution in [3.8, 4) is 28.3 Å². The smallest absolute Gasteiger partial charge is 0.360 e. The fraction of sp³-hybridized carbons (Fsp3) is 0.133. The highest BCUT2D eigenvalue weighted by Gasteiger charge is 2.13. The van der Waals surface area contributed by atoms with Crippen molar-refractivity contribution in [2.45, 2.75) is 0 Å². The molecule has 1 saturated heterocycles. The maximum absolute atomic E-state index is 12.5. The van der Waals surface area contributed by atoms with E-state index in [1.807, 2.05) is 66.7 Å². The van der Waals surface area contributed by atoms with Crippen molar-refractivity contribution in [1.29, 1.82) is 0 Å². The van der Waals surface area contributed by atoms with Gasteiger partial charge in [0.1, 0.15) is 11.6 Å². The molecule has 39 heavy (non-hydrogen) atoms. The number of amides is 1. The monoisotopic (exact) mass is 517 g/mol. The number of phenolic OH excluding ortho intramolecular Hbond substituents is 1. The number of phenols is 1. The number of benzene rings is 4. The van der Waals surface area contributed by atoms with E-state index < -0.39 is 5.91 Å². The van der Waals surface area contributed by atoms with Crippen LogP contribution in [0.5, 0.6) is 5.75 Å². The second kappa shape index (κ2) is 10.7. The number of nitrogens with zero attached hydrogens (tertiary/aromatic N) is 5. The molecule has 1 aromatic heterocycles. The first-order chi connectivity index (χ1) is 19.1. The quantitative estimate of drug-likeness (QED) is 0.223. The number of hydrogen-bond acceptors (Lipinski definition) is 6. The van der Waals surface area contributed by atoms with Gasteiger partial charge in [-0.15, -0.1) is 0 Å². The van der Waals surface area contributed by atoms with Crippen LogP contribution in [0.3, 0.4) is 0 Å². The van der Waals surface area contributed by atoms with E-state index in [1.165, 1.54) is 0 Å². The van der Waals surface area contributed by atoms with E-state index in [4.69, 9.17) is 4.74 Å². The normalized spacial score (nSPS) is 13.2. The van der Waals surface area contributed by atoms with Crippen LogP contribution < -0.4 is 9.81 Å². The molecule has 1 fully saturated rings. The van der Waals surface area contributed by atoms with Gasteiger partial charge in [0.2, 0.25) is 10.0 Å². The van der Waals surface area contributed by atoms with Gasteiger partial charge >= 0.3 is 5.91 Å². The number of ether oxygens (including phenoxy) is 1. The Morgan fingerprint density at radius 1 is 0.897 bits per heavy atom. The number of aromatic amines is 1. The van der Waals surface area contributed by atoms with Gasteiger partial charge in [-0.05, 0) is 71.8 Å². The predicted octanol–water partition coefficient (Wildman–Crippen LogP) is 5.88. The van der Waals surface area contributed by atoms with E-state index in [9.17, 15) is 9.90 Å². The van der Waals surface area contributed by atoms with Crippen LogP contribution in [-0.4, -0.2) is 47.3 Å². The third-order valence-electron chi connectivity index (χ3n) is 6.59. The predicted molar refractivity (Wildman–Crippen MR) is 149 cm³/mol. The second-order valence-electron chi connectivity index (χ2n) is 9.16. The maximum atomic E-state index is 12.5. The molecule has 0 unspecified atom stereocenters. The summed E-state index contributed by atoms with van der Waals surface area (Å²) in [5.74, 6) is 0.434. The summed E-state index contributed by atoms with van der Waals surface area (Å²) < 4.78 is 5.39. The van der Waals surface area contributed by atoms with Gasteiger partial charge in [-0.25, -0.2) is 4.98 Å². The van der Waals surface area contributed by atoms with E-state index >= 15 is 0 Å². The average molecular weight is 518 g/mol. The molecule has 9 nitrogen and oxygen atoms in total. The third kappa shape index (κ3) is 5.45. The molecule has 0 aliphatic carbocycles. The zero-order valence-corrected chi connectivity index (χ0v) is 21.0. The lowest BCUT2D eigenvalue weighted by molar-refractivity contribution is 0.0992. The number of carbonyl (C=O) groups is 1. The Morgan fingerprint density at radius 2 is 1.64 bits per heavy atom.